The number of imidazole rings is 1. The highest BCUT2D eigenvalue weighted by atomic mass is 16.4. The second-order valence-electron chi connectivity index (χ2n) is 6.22. The molecule has 3 heterocycles. The number of para-hydroxylation sites is 1. The molecule has 8 heteroatoms. The number of nitrogens with one attached hydrogen (secondary N) is 1. The van der Waals surface area contributed by atoms with Crippen molar-refractivity contribution in [3.8, 4) is 17.1 Å². The van der Waals surface area contributed by atoms with Crippen molar-refractivity contribution >= 4 is 11.8 Å². The Kier molecular flexibility index (Phi) is 3.80. The number of phenolic OH excluding ortho intramolecular Hbond substituents is 1. The van der Waals surface area contributed by atoms with E-state index < -0.39 is 12.0 Å². The van der Waals surface area contributed by atoms with Gasteiger partial charge in [-0.2, -0.15) is 0 Å². The number of aromatic hydroxyl groups is 1. The number of aliphatic carboxylic acids is 1. The van der Waals surface area contributed by atoms with Crippen LogP contribution in [0.4, 0.5) is 5.82 Å². The molecule has 0 aliphatic carbocycles. The number of H-pyrrole nitrogens is 1. The highest BCUT2D eigenvalue weighted by molar-refractivity contribution is 5.79. The summed E-state index contributed by atoms with van der Waals surface area (Å²) in [6.07, 6.45) is 1.87. The Balaban J connectivity index is 1.80. The first-order valence-electron chi connectivity index (χ1n) is 8.17. The molecule has 0 fully saturated rings. The monoisotopic (exact) mass is 351 g/mol. The van der Waals surface area contributed by atoms with Gasteiger partial charge in [0.2, 0.25) is 0 Å². The summed E-state index contributed by atoms with van der Waals surface area (Å²) in [6.45, 7) is 2.18. The Labute approximate surface area is 149 Å². The molecule has 26 heavy (non-hydrogen) atoms. The van der Waals surface area contributed by atoms with E-state index in [1.54, 1.807) is 41.6 Å². The number of hydrogen-bond acceptors (Lipinski definition) is 6. The van der Waals surface area contributed by atoms with E-state index in [2.05, 4.69) is 19.9 Å². The summed E-state index contributed by atoms with van der Waals surface area (Å²) in [5, 5.41) is 19.8. The molecule has 0 amide bonds. The van der Waals surface area contributed by atoms with Crippen LogP contribution in [-0.2, 0) is 17.8 Å². The van der Waals surface area contributed by atoms with Gasteiger partial charge in [0.25, 0.3) is 0 Å². The lowest BCUT2D eigenvalue weighted by Gasteiger charge is -2.33. The van der Waals surface area contributed by atoms with Crippen LogP contribution >= 0.6 is 0 Å². The van der Waals surface area contributed by atoms with Crippen molar-refractivity contribution in [2.24, 2.45) is 0 Å². The molecule has 2 aromatic heterocycles. The Morgan fingerprint density at radius 1 is 1.31 bits per heavy atom. The lowest BCUT2D eigenvalue weighted by Crippen LogP contribution is -2.46. The van der Waals surface area contributed by atoms with Crippen LogP contribution in [0.2, 0.25) is 0 Å². The molecule has 4 rings (SSSR count). The number of aromatic amines is 1. The predicted octanol–water partition coefficient (Wildman–Crippen LogP) is 1.90. The van der Waals surface area contributed by atoms with Crippen molar-refractivity contribution in [2.75, 3.05) is 4.90 Å². The third-order valence-corrected chi connectivity index (χ3v) is 4.46. The van der Waals surface area contributed by atoms with Gasteiger partial charge >= 0.3 is 5.97 Å². The van der Waals surface area contributed by atoms with Crippen molar-refractivity contribution in [2.45, 2.75) is 25.9 Å². The second kappa shape index (κ2) is 6.14. The highest BCUT2D eigenvalue weighted by Gasteiger charge is 2.34. The lowest BCUT2D eigenvalue weighted by molar-refractivity contribution is -0.138. The van der Waals surface area contributed by atoms with Crippen LogP contribution in [0.15, 0.2) is 36.7 Å². The van der Waals surface area contributed by atoms with Crippen molar-refractivity contribution in [1.82, 2.24) is 19.9 Å². The van der Waals surface area contributed by atoms with Gasteiger partial charge in [-0.05, 0) is 19.1 Å². The molecule has 8 nitrogen and oxygen atoms in total. The molecule has 0 bridgehead atoms. The van der Waals surface area contributed by atoms with E-state index in [4.69, 9.17) is 0 Å². The van der Waals surface area contributed by atoms with Gasteiger partial charge in [0, 0.05) is 18.2 Å². The first kappa shape index (κ1) is 16.1. The Morgan fingerprint density at radius 3 is 2.88 bits per heavy atom. The molecule has 0 saturated carbocycles. The standard InChI is InChI=1S/C18H17N5O3/c1-10-6-16(22-17(21-10)11-4-2-3-5-15(11)24)23-8-13-12(19-9-20-13)7-14(23)18(25)26/h2-6,9,14,24H,7-8H2,1H3,(H,19,20)(H,25,26). The largest absolute Gasteiger partial charge is 0.507 e. The molecule has 1 atom stereocenters. The minimum Gasteiger partial charge on any atom is -0.507 e. The zero-order chi connectivity index (χ0) is 18.3. The van der Waals surface area contributed by atoms with Gasteiger partial charge in [-0.3, -0.25) is 0 Å². The Morgan fingerprint density at radius 2 is 2.12 bits per heavy atom. The lowest BCUT2D eigenvalue weighted by atomic mass is 10.0. The van der Waals surface area contributed by atoms with Crippen LogP contribution in [0.3, 0.4) is 0 Å². The predicted molar refractivity (Wildman–Crippen MR) is 93.8 cm³/mol. The van der Waals surface area contributed by atoms with Crippen LogP contribution in [0, 0.1) is 6.92 Å². The Bertz CT molecular complexity index is 984. The van der Waals surface area contributed by atoms with Crippen LogP contribution in [0.1, 0.15) is 17.1 Å². The second-order valence-corrected chi connectivity index (χ2v) is 6.22. The molecule has 0 saturated heterocycles. The number of anilines is 1. The van der Waals surface area contributed by atoms with Gasteiger partial charge in [0.15, 0.2) is 5.82 Å². The Hall–Kier alpha value is -3.42. The molecule has 1 unspecified atom stereocenters. The first-order valence-corrected chi connectivity index (χ1v) is 8.17. The molecular formula is C18H17N5O3. The topological polar surface area (TPSA) is 115 Å². The highest BCUT2D eigenvalue weighted by Crippen LogP contribution is 2.30. The smallest absolute Gasteiger partial charge is 0.326 e. The van der Waals surface area contributed by atoms with Crippen LogP contribution in [-0.4, -0.2) is 42.2 Å². The zero-order valence-electron chi connectivity index (χ0n) is 14.0. The number of carboxylic acid groups (broad SMARTS) is 1. The average Bonchev–Trinajstić information content (AvgIpc) is 3.08. The number of carboxylic acids is 1. The molecule has 1 aliphatic rings. The third kappa shape index (κ3) is 2.75. The molecular weight excluding hydrogens is 334 g/mol. The minimum atomic E-state index is -0.931. The molecule has 1 aliphatic heterocycles. The third-order valence-electron chi connectivity index (χ3n) is 4.46. The van der Waals surface area contributed by atoms with E-state index in [0.29, 0.717) is 35.9 Å². The minimum absolute atomic E-state index is 0.0772. The summed E-state index contributed by atoms with van der Waals surface area (Å²) in [7, 11) is 0. The summed E-state index contributed by atoms with van der Waals surface area (Å²) >= 11 is 0. The number of phenols is 1. The molecule has 1 aromatic carbocycles. The van der Waals surface area contributed by atoms with Crippen LogP contribution in [0.5, 0.6) is 5.75 Å². The maximum Gasteiger partial charge on any atom is 0.326 e. The fraction of sp³-hybridized carbons (Fsp3) is 0.222. The van der Waals surface area contributed by atoms with E-state index >= 15 is 0 Å². The van der Waals surface area contributed by atoms with Crippen molar-refractivity contribution in [1.29, 1.82) is 0 Å². The van der Waals surface area contributed by atoms with Gasteiger partial charge in [-0.1, -0.05) is 12.1 Å². The van der Waals surface area contributed by atoms with Gasteiger partial charge in [0.05, 0.1) is 29.8 Å². The normalized spacial score (nSPS) is 16.3. The summed E-state index contributed by atoms with van der Waals surface area (Å²) in [4.78, 5) is 29.7. The fourth-order valence-corrected chi connectivity index (χ4v) is 3.18. The van der Waals surface area contributed by atoms with Gasteiger partial charge < -0.3 is 20.1 Å². The average molecular weight is 351 g/mol. The molecule has 132 valence electrons. The van der Waals surface area contributed by atoms with E-state index in [1.807, 2.05) is 6.92 Å². The van der Waals surface area contributed by atoms with E-state index in [-0.39, 0.29) is 5.75 Å². The number of rotatable bonds is 3. The number of hydrogen-bond donors (Lipinski definition) is 3. The molecule has 0 spiro atoms. The quantitative estimate of drug-likeness (QED) is 0.660. The van der Waals surface area contributed by atoms with Crippen molar-refractivity contribution in [3.05, 3.63) is 53.7 Å². The molecule has 3 N–H and O–H groups in total. The summed E-state index contributed by atoms with van der Waals surface area (Å²) in [6, 6.07) is 7.79. The summed E-state index contributed by atoms with van der Waals surface area (Å²) in [5.41, 5.74) is 2.83. The van der Waals surface area contributed by atoms with Gasteiger partial charge in [-0.25, -0.2) is 19.7 Å². The van der Waals surface area contributed by atoms with Gasteiger partial charge in [0.1, 0.15) is 17.6 Å². The maximum atomic E-state index is 11.8. The zero-order valence-corrected chi connectivity index (χ0v) is 14.0. The van der Waals surface area contributed by atoms with Crippen molar-refractivity contribution in [3.63, 3.8) is 0 Å². The maximum absolute atomic E-state index is 11.8. The molecule has 0 radical (unpaired) electrons. The number of aryl methyl sites for hydroxylation is 1. The fourth-order valence-electron chi connectivity index (χ4n) is 3.18. The number of aromatic nitrogens is 4. The summed E-state index contributed by atoms with van der Waals surface area (Å²) < 4.78 is 0. The summed E-state index contributed by atoms with van der Waals surface area (Å²) in [5.74, 6) is 0.00778. The number of carbonyl (C=O) groups is 1. The van der Waals surface area contributed by atoms with Crippen LogP contribution < -0.4 is 4.90 Å². The van der Waals surface area contributed by atoms with Crippen molar-refractivity contribution < 1.29 is 15.0 Å². The van der Waals surface area contributed by atoms with Gasteiger partial charge in [-0.15, -0.1) is 0 Å². The number of nitrogens with zero attached hydrogens (tertiary/aromatic N) is 4. The molecule has 3 aromatic rings. The van der Waals surface area contributed by atoms with Crippen LogP contribution in [0.25, 0.3) is 11.4 Å². The SMILES string of the molecule is Cc1cc(N2Cc3[nH]cnc3CC2C(=O)O)nc(-c2ccccc2O)n1. The van der Waals surface area contributed by atoms with E-state index in [9.17, 15) is 15.0 Å². The number of benzene rings is 1. The van der Waals surface area contributed by atoms with E-state index in [0.717, 1.165) is 11.4 Å². The number of fused-ring (bicyclic) bond motifs is 1. The van der Waals surface area contributed by atoms with E-state index in [1.165, 1.54) is 0 Å². The first-order chi connectivity index (χ1) is 12.5.